The van der Waals surface area contributed by atoms with E-state index in [2.05, 4.69) is 87.0 Å². The van der Waals surface area contributed by atoms with E-state index in [0.29, 0.717) is 11.6 Å². The molecule has 3 N–H and O–H groups in total. The van der Waals surface area contributed by atoms with Gasteiger partial charge in [0.05, 0.1) is 28.8 Å². The average molecular weight is 508 g/mol. The van der Waals surface area contributed by atoms with E-state index in [9.17, 15) is 0 Å². The first-order valence-corrected chi connectivity index (χ1v) is 13.5. The van der Waals surface area contributed by atoms with E-state index >= 15 is 0 Å². The fourth-order valence-electron chi connectivity index (χ4n) is 5.09. The molecule has 4 heterocycles. The number of fused-ring (bicyclic) bond motifs is 1. The second-order valence-corrected chi connectivity index (χ2v) is 10.6. The normalized spacial score (nSPS) is 14.1. The van der Waals surface area contributed by atoms with Crippen LogP contribution < -0.4 is 10.6 Å². The summed E-state index contributed by atoms with van der Waals surface area (Å²) in [5.41, 5.74) is 8.58. The third-order valence-electron chi connectivity index (χ3n) is 6.90. The van der Waals surface area contributed by atoms with Crippen LogP contribution in [-0.2, 0) is 6.54 Å². The predicted molar refractivity (Wildman–Crippen MR) is 158 cm³/mol. The first kappa shape index (κ1) is 25.7. The van der Waals surface area contributed by atoms with Gasteiger partial charge in [0.1, 0.15) is 5.69 Å². The standard InChI is InChI=1S/C31H37N7/c1-21(2)14-22(3)34-29-10-11-32-19-30(29)35-23(4)31-27-16-25(8-9-28(27)36-37-31)26-15-24(17-33-18-26)20-38-12-6-5-7-13-38/h8-11,15-19,21,35H,3-7,12-14,20H2,1-2H3,(H,32,34)(H,36,37). The number of aromatic nitrogens is 4. The Labute approximate surface area is 225 Å². The monoisotopic (exact) mass is 507 g/mol. The summed E-state index contributed by atoms with van der Waals surface area (Å²) in [6.45, 7) is 16.1. The van der Waals surface area contributed by atoms with Gasteiger partial charge in [-0.25, -0.2) is 0 Å². The molecule has 0 saturated carbocycles. The Morgan fingerprint density at radius 2 is 1.79 bits per heavy atom. The zero-order valence-corrected chi connectivity index (χ0v) is 22.4. The minimum atomic E-state index is 0.522. The molecule has 0 unspecified atom stereocenters. The molecule has 1 aromatic carbocycles. The molecular formula is C31H37N7. The van der Waals surface area contributed by atoms with Gasteiger partial charge in [0.2, 0.25) is 0 Å². The molecule has 7 nitrogen and oxygen atoms in total. The highest BCUT2D eigenvalue weighted by atomic mass is 15.1. The van der Waals surface area contributed by atoms with Gasteiger partial charge in [-0.15, -0.1) is 0 Å². The third-order valence-corrected chi connectivity index (χ3v) is 6.90. The first-order chi connectivity index (χ1) is 18.5. The zero-order valence-electron chi connectivity index (χ0n) is 22.4. The molecule has 1 saturated heterocycles. The Morgan fingerprint density at radius 3 is 2.61 bits per heavy atom. The second kappa shape index (κ2) is 11.6. The van der Waals surface area contributed by atoms with Gasteiger partial charge in [0.15, 0.2) is 0 Å². The molecule has 1 fully saturated rings. The number of aromatic amines is 1. The van der Waals surface area contributed by atoms with E-state index in [1.54, 1.807) is 12.4 Å². The summed E-state index contributed by atoms with van der Waals surface area (Å²) in [5, 5.41) is 15.6. The Morgan fingerprint density at radius 1 is 0.947 bits per heavy atom. The number of rotatable bonds is 10. The smallest absolute Gasteiger partial charge is 0.116 e. The SMILES string of the molecule is C=C(CC(C)C)Nc1ccncc1NC(=C)c1n[nH]c2ccc(-c3cncc(CN4CCCCC4)c3)cc12. The van der Waals surface area contributed by atoms with Gasteiger partial charge in [-0.1, -0.05) is 39.5 Å². The molecule has 1 aliphatic heterocycles. The zero-order chi connectivity index (χ0) is 26.5. The minimum absolute atomic E-state index is 0.522. The molecule has 38 heavy (non-hydrogen) atoms. The fraction of sp³-hybridized carbons (Fsp3) is 0.323. The maximum absolute atomic E-state index is 4.58. The lowest BCUT2D eigenvalue weighted by atomic mass is 10.0. The number of allylic oxidation sites excluding steroid dienone is 1. The van der Waals surface area contributed by atoms with Crippen LogP contribution in [0.1, 0.15) is 50.8 Å². The summed E-state index contributed by atoms with van der Waals surface area (Å²) in [6, 6.07) is 10.5. The number of anilines is 2. The van der Waals surface area contributed by atoms with Crippen molar-refractivity contribution in [2.24, 2.45) is 5.92 Å². The summed E-state index contributed by atoms with van der Waals surface area (Å²) in [7, 11) is 0. The van der Waals surface area contributed by atoms with Crippen LogP contribution in [0.3, 0.4) is 0 Å². The fourth-order valence-corrected chi connectivity index (χ4v) is 5.09. The van der Waals surface area contributed by atoms with Crippen molar-refractivity contribution >= 4 is 28.0 Å². The summed E-state index contributed by atoms with van der Waals surface area (Å²) in [5.74, 6) is 0.522. The van der Waals surface area contributed by atoms with Crippen molar-refractivity contribution in [2.75, 3.05) is 23.7 Å². The Hall–Kier alpha value is -3.97. The molecule has 4 aromatic rings. The molecule has 0 bridgehead atoms. The van der Waals surface area contributed by atoms with E-state index in [4.69, 9.17) is 0 Å². The number of benzene rings is 1. The van der Waals surface area contributed by atoms with Crippen molar-refractivity contribution in [1.29, 1.82) is 0 Å². The number of piperidine rings is 1. The van der Waals surface area contributed by atoms with Crippen LogP contribution >= 0.6 is 0 Å². The summed E-state index contributed by atoms with van der Waals surface area (Å²) in [4.78, 5) is 11.4. The lowest BCUT2D eigenvalue weighted by Crippen LogP contribution is -2.29. The summed E-state index contributed by atoms with van der Waals surface area (Å²) >= 11 is 0. The lowest BCUT2D eigenvalue weighted by molar-refractivity contribution is 0.220. The number of hydrogen-bond acceptors (Lipinski definition) is 6. The lowest BCUT2D eigenvalue weighted by Gasteiger charge is -2.26. The minimum Gasteiger partial charge on any atom is -0.358 e. The molecule has 0 aliphatic carbocycles. The molecule has 0 atom stereocenters. The van der Waals surface area contributed by atoms with Crippen LogP contribution in [0, 0.1) is 5.92 Å². The molecular weight excluding hydrogens is 470 g/mol. The average Bonchev–Trinajstić information content (AvgIpc) is 3.34. The van der Waals surface area contributed by atoms with Crippen LogP contribution in [0.25, 0.3) is 27.7 Å². The van der Waals surface area contributed by atoms with Gasteiger partial charge in [-0.2, -0.15) is 5.10 Å². The highest BCUT2D eigenvalue weighted by Gasteiger charge is 2.15. The van der Waals surface area contributed by atoms with Crippen LogP contribution in [0.4, 0.5) is 11.4 Å². The number of likely N-dealkylation sites (tertiary alicyclic amines) is 1. The molecule has 7 heteroatoms. The molecule has 5 rings (SSSR count). The Kier molecular flexibility index (Phi) is 7.84. The van der Waals surface area contributed by atoms with E-state index in [1.807, 2.05) is 18.5 Å². The topological polar surface area (TPSA) is 81.8 Å². The molecule has 1 aliphatic rings. The van der Waals surface area contributed by atoms with Crippen molar-refractivity contribution in [3.63, 3.8) is 0 Å². The van der Waals surface area contributed by atoms with Crippen molar-refractivity contribution < 1.29 is 0 Å². The quantitative estimate of drug-likeness (QED) is 0.213. The van der Waals surface area contributed by atoms with Crippen LogP contribution in [0.2, 0.25) is 0 Å². The largest absolute Gasteiger partial charge is 0.358 e. The second-order valence-electron chi connectivity index (χ2n) is 10.6. The van der Waals surface area contributed by atoms with E-state index in [0.717, 1.165) is 57.8 Å². The molecule has 3 aromatic heterocycles. The van der Waals surface area contributed by atoms with E-state index in [1.165, 1.54) is 37.9 Å². The van der Waals surface area contributed by atoms with Crippen molar-refractivity contribution in [1.82, 2.24) is 25.1 Å². The first-order valence-electron chi connectivity index (χ1n) is 13.5. The number of hydrogen-bond donors (Lipinski definition) is 3. The van der Waals surface area contributed by atoms with Gasteiger partial charge in [0.25, 0.3) is 0 Å². The summed E-state index contributed by atoms with van der Waals surface area (Å²) in [6.07, 6.45) is 12.3. The van der Waals surface area contributed by atoms with Gasteiger partial charge in [-0.05, 0) is 73.7 Å². The van der Waals surface area contributed by atoms with Gasteiger partial charge >= 0.3 is 0 Å². The van der Waals surface area contributed by atoms with Crippen LogP contribution in [0.15, 0.2) is 74.0 Å². The summed E-state index contributed by atoms with van der Waals surface area (Å²) < 4.78 is 0. The molecule has 0 amide bonds. The number of H-pyrrole nitrogens is 1. The number of pyridine rings is 2. The van der Waals surface area contributed by atoms with Crippen LogP contribution in [0.5, 0.6) is 0 Å². The van der Waals surface area contributed by atoms with Crippen LogP contribution in [-0.4, -0.2) is 38.2 Å². The maximum atomic E-state index is 4.58. The third kappa shape index (κ3) is 6.11. The Bertz CT molecular complexity index is 1430. The van der Waals surface area contributed by atoms with Crippen molar-refractivity contribution in [3.8, 4) is 11.1 Å². The molecule has 196 valence electrons. The van der Waals surface area contributed by atoms with Crippen molar-refractivity contribution in [3.05, 3.63) is 85.2 Å². The number of nitrogens with one attached hydrogen (secondary N) is 3. The maximum Gasteiger partial charge on any atom is 0.116 e. The highest BCUT2D eigenvalue weighted by molar-refractivity contribution is 5.95. The van der Waals surface area contributed by atoms with E-state index < -0.39 is 0 Å². The number of nitrogens with zero attached hydrogens (tertiary/aromatic N) is 4. The van der Waals surface area contributed by atoms with E-state index in [-0.39, 0.29) is 0 Å². The Balaban J connectivity index is 1.36. The predicted octanol–water partition coefficient (Wildman–Crippen LogP) is 7.06. The van der Waals surface area contributed by atoms with Gasteiger partial charge < -0.3 is 10.6 Å². The highest BCUT2D eigenvalue weighted by Crippen LogP contribution is 2.31. The molecule has 0 spiro atoms. The van der Waals surface area contributed by atoms with Gasteiger partial charge in [0, 0.05) is 41.8 Å². The molecule has 0 radical (unpaired) electrons. The van der Waals surface area contributed by atoms with Gasteiger partial charge in [-0.3, -0.25) is 20.0 Å². The van der Waals surface area contributed by atoms with Crippen molar-refractivity contribution in [2.45, 2.75) is 46.1 Å².